The number of ether oxygens (including phenoxy) is 1. The average molecular weight is 314 g/mol. The van der Waals surface area contributed by atoms with Gasteiger partial charge in [-0.2, -0.15) is 0 Å². The van der Waals surface area contributed by atoms with Crippen LogP contribution in [0.1, 0.15) is 16.1 Å². The van der Waals surface area contributed by atoms with Crippen molar-refractivity contribution in [2.75, 3.05) is 7.11 Å². The van der Waals surface area contributed by atoms with Gasteiger partial charge < -0.3 is 9.30 Å². The molecule has 0 saturated carbocycles. The number of nitrogens with zero attached hydrogens (tertiary/aromatic N) is 1. The van der Waals surface area contributed by atoms with E-state index in [0.717, 1.165) is 5.56 Å². The first-order chi connectivity index (χ1) is 9.41. The van der Waals surface area contributed by atoms with Crippen LogP contribution in [0.2, 0.25) is 0 Å². The van der Waals surface area contributed by atoms with Crippen LogP contribution in [0.5, 0.6) is 0 Å². The van der Waals surface area contributed by atoms with Crippen LogP contribution in [-0.4, -0.2) is 26.1 Å². The van der Waals surface area contributed by atoms with Crippen LogP contribution in [-0.2, 0) is 20.3 Å². The van der Waals surface area contributed by atoms with Crippen LogP contribution in [0.15, 0.2) is 47.5 Å². The summed E-state index contributed by atoms with van der Waals surface area (Å²) in [6.07, 6.45) is 1.32. The van der Waals surface area contributed by atoms with Crippen molar-refractivity contribution < 1.29 is 17.9 Å². The Morgan fingerprint density at radius 2 is 1.95 bits per heavy atom. The average Bonchev–Trinajstić information content (AvgIpc) is 2.83. The molecule has 0 unspecified atom stereocenters. The highest BCUT2D eigenvalue weighted by atomic mass is 35.7. The number of methoxy groups -OCH3 is 1. The molecule has 2 rings (SSSR count). The normalized spacial score (nSPS) is 11.3. The molecular formula is C13H12ClNO4S. The summed E-state index contributed by atoms with van der Waals surface area (Å²) in [5.74, 6) is -0.618. The first-order valence-corrected chi connectivity index (χ1v) is 8.00. The molecule has 20 heavy (non-hydrogen) atoms. The molecule has 2 aromatic rings. The zero-order valence-corrected chi connectivity index (χ0v) is 12.2. The Labute approximate surface area is 121 Å². The van der Waals surface area contributed by atoms with E-state index in [0.29, 0.717) is 6.54 Å². The monoisotopic (exact) mass is 313 g/mol. The SMILES string of the molecule is COC(=O)c1cc(S(=O)(=O)Cl)cn1Cc1ccccc1. The molecule has 0 spiro atoms. The van der Waals surface area contributed by atoms with E-state index in [1.807, 2.05) is 30.3 Å². The zero-order chi connectivity index (χ0) is 14.8. The fourth-order valence-electron chi connectivity index (χ4n) is 1.80. The molecule has 0 atom stereocenters. The van der Waals surface area contributed by atoms with Crippen LogP contribution in [0.3, 0.4) is 0 Å². The number of carbonyl (C=O) groups is 1. The van der Waals surface area contributed by atoms with E-state index in [1.165, 1.54) is 23.9 Å². The summed E-state index contributed by atoms with van der Waals surface area (Å²) in [6.45, 7) is 0.345. The van der Waals surface area contributed by atoms with E-state index in [9.17, 15) is 13.2 Å². The highest BCUT2D eigenvalue weighted by Gasteiger charge is 2.20. The van der Waals surface area contributed by atoms with Crippen molar-refractivity contribution in [1.29, 1.82) is 0 Å². The van der Waals surface area contributed by atoms with Crippen molar-refractivity contribution in [1.82, 2.24) is 4.57 Å². The fourth-order valence-corrected chi connectivity index (χ4v) is 2.56. The van der Waals surface area contributed by atoms with Gasteiger partial charge in [-0.25, -0.2) is 13.2 Å². The Hall–Kier alpha value is -1.79. The molecule has 106 valence electrons. The number of esters is 1. The predicted octanol–water partition coefficient (Wildman–Crippen LogP) is 2.25. The summed E-state index contributed by atoms with van der Waals surface area (Å²) < 4.78 is 28.9. The molecule has 0 amide bonds. The fraction of sp³-hybridized carbons (Fsp3) is 0.154. The van der Waals surface area contributed by atoms with E-state index in [-0.39, 0.29) is 10.6 Å². The summed E-state index contributed by atoms with van der Waals surface area (Å²) in [4.78, 5) is 11.6. The first-order valence-electron chi connectivity index (χ1n) is 5.69. The van der Waals surface area contributed by atoms with Crippen molar-refractivity contribution in [3.05, 3.63) is 53.9 Å². The number of carbonyl (C=O) groups excluding carboxylic acids is 1. The Morgan fingerprint density at radius 3 is 2.50 bits per heavy atom. The van der Waals surface area contributed by atoms with Crippen molar-refractivity contribution in [3.63, 3.8) is 0 Å². The second kappa shape index (κ2) is 5.68. The number of rotatable bonds is 4. The van der Waals surface area contributed by atoms with Crippen molar-refractivity contribution in [3.8, 4) is 0 Å². The smallest absolute Gasteiger partial charge is 0.354 e. The van der Waals surface area contributed by atoms with Gasteiger partial charge in [-0.3, -0.25) is 0 Å². The molecule has 0 aliphatic heterocycles. The number of halogens is 1. The van der Waals surface area contributed by atoms with Crippen molar-refractivity contribution >= 4 is 25.7 Å². The van der Waals surface area contributed by atoms with Gasteiger partial charge in [-0.15, -0.1) is 0 Å². The zero-order valence-electron chi connectivity index (χ0n) is 10.6. The number of hydrogen-bond acceptors (Lipinski definition) is 4. The third-order valence-corrected chi connectivity index (χ3v) is 4.06. The minimum Gasteiger partial charge on any atom is -0.464 e. The van der Waals surface area contributed by atoms with Crippen LogP contribution in [0.4, 0.5) is 0 Å². The van der Waals surface area contributed by atoms with E-state index >= 15 is 0 Å². The lowest BCUT2D eigenvalue weighted by Gasteiger charge is -2.07. The largest absolute Gasteiger partial charge is 0.464 e. The van der Waals surface area contributed by atoms with Gasteiger partial charge in [0.15, 0.2) is 0 Å². The highest BCUT2D eigenvalue weighted by molar-refractivity contribution is 8.13. The summed E-state index contributed by atoms with van der Waals surface area (Å²) >= 11 is 0. The lowest BCUT2D eigenvalue weighted by Crippen LogP contribution is -2.10. The molecule has 0 N–H and O–H groups in total. The third-order valence-electron chi connectivity index (χ3n) is 2.74. The summed E-state index contributed by atoms with van der Waals surface area (Å²) in [5, 5.41) is 0. The second-order valence-electron chi connectivity index (χ2n) is 4.10. The van der Waals surface area contributed by atoms with Crippen molar-refractivity contribution in [2.24, 2.45) is 0 Å². The van der Waals surface area contributed by atoms with Crippen LogP contribution in [0, 0.1) is 0 Å². The number of benzene rings is 1. The Kier molecular flexibility index (Phi) is 4.15. The standard InChI is InChI=1S/C13H12ClNO4S/c1-19-13(16)12-7-11(20(14,17)18)9-15(12)8-10-5-3-2-4-6-10/h2-7,9H,8H2,1H3. The molecule has 0 radical (unpaired) electrons. The molecular weight excluding hydrogens is 302 g/mol. The molecule has 0 aliphatic rings. The van der Waals surface area contributed by atoms with Gasteiger partial charge in [0.2, 0.25) is 0 Å². The van der Waals surface area contributed by atoms with Gasteiger partial charge in [0, 0.05) is 23.4 Å². The van der Waals surface area contributed by atoms with Crippen LogP contribution >= 0.6 is 10.7 Å². The van der Waals surface area contributed by atoms with E-state index in [1.54, 1.807) is 0 Å². The van der Waals surface area contributed by atoms with Gasteiger partial charge in [0.1, 0.15) is 10.6 Å². The Morgan fingerprint density at radius 1 is 1.30 bits per heavy atom. The van der Waals surface area contributed by atoms with Gasteiger partial charge in [-0.05, 0) is 11.6 Å². The lowest BCUT2D eigenvalue weighted by atomic mass is 10.2. The van der Waals surface area contributed by atoms with Gasteiger partial charge in [0.25, 0.3) is 9.05 Å². The molecule has 7 heteroatoms. The molecule has 0 bridgehead atoms. The Balaban J connectivity index is 2.45. The quantitative estimate of drug-likeness (QED) is 0.641. The molecule has 0 fully saturated rings. The highest BCUT2D eigenvalue weighted by Crippen LogP contribution is 2.20. The molecule has 1 aromatic carbocycles. The Bertz CT molecular complexity index is 722. The van der Waals surface area contributed by atoms with Crippen molar-refractivity contribution in [2.45, 2.75) is 11.4 Å². The maximum atomic E-state index is 11.7. The maximum absolute atomic E-state index is 11.7. The summed E-state index contributed by atoms with van der Waals surface area (Å²) in [6, 6.07) is 10.5. The van der Waals surface area contributed by atoms with Gasteiger partial charge >= 0.3 is 5.97 Å². The van der Waals surface area contributed by atoms with E-state index in [4.69, 9.17) is 10.7 Å². The number of hydrogen-bond donors (Lipinski definition) is 0. The molecule has 5 nitrogen and oxygen atoms in total. The third kappa shape index (κ3) is 3.20. The van der Waals surface area contributed by atoms with Gasteiger partial charge in [-0.1, -0.05) is 30.3 Å². The molecule has 1 heterocycles. The minimum absolute atomic E-state index is 0.129. The molecule has 1 aromatic heterocycles. The molecule has 0 aliphatic carbocycles. The first kappa shape index (κ1) is 14.6. The topological polar surface area (TPSA) is 65.4 Å². The lowest BCUT2D eigenvalue weighted by molar-refractivity contribution is 0.0589. The maximum Gasteiger partial charge on any atom is 0.354 e. The van der Waals surface area contributed by atoms with Gasteiger partial charge in [0.05, 0.1) is 7.11 Å². The minimum atomic E-state index is -3.89. The summed E-state index contributed by atoms with van der Waals surface area (Å²) in [7, 11) is 2.64. The second-order valence-corrected chi connectivity index (χ2v) is 6.67. The van der Waals surface area contributed by atoms with Crippen LogP contribution < -0.4 is 0 Å². The number of aromatic nitrogens is 1. The van der Waals surface area contributed by atoms with Crippen LogP contribution in [0.25, 0.3) is 0 Å². The predicted molar refractivity (Wildman–Crippen MR) is 74.4 cm³/mol. The van der Waals surface area contributed by atoms with E-state index < -0.39 is 15.0 Å². The van der Waals surface area contributed by atoms with E-state index in [2.05, 4.69) is 4.74 Å². The summed E-state index contributed by atoms with van der Waals surface area (Å²) in [5.41, 5.74) is 1.06. The molecule has 0 saturated heterocycles.